The summed E-state index contributed by atoms with van der Waals surface area (Å²) in [6.07, 6.45) is 1.43. The molecule has 1 aromatic heterocycles. The van der Waals surface area contributed by atoms with Crippen molar-refractivity contribution in [2.24, 2.45) is 0 Å². The van der Waals surface area contributed by atoms with Crippen molar-refractivity contribution in [3.63, 3.8) is 0 Å². The minimum atomic E-state index is -0.591. The Bertz CT molecular complexity index is 619. The molecule has 0 N–H and O–H groups in total. The Balaban J connectivity index is 1.79. The lowest BCUT2D eigenvalue weighted by Crippen LogP contribution is -2.52. The maximum Gasteiger partial charge on any atom is 0.389 e. The lowest BCUT2D eigenvalue weighted by atomic mass is 10.3. The highest BCUT2D eigenvalue weighted by Gasteiger charge is 2.24. The van der Waals surface area contributed by atoms with Crippen molar-refractivity contribution < 1.29 is 14.5 Å². The summed E-state index contributed by atoms with van der Waals surface area (Å²) in [7, 11) is 0. The molecule has 1 aliphatic heterocycles. The van der Waals surface area contributed by atoms with Crippen LogP contribution in [-0.2, 0) is 16.1 Å². The van der Waals surface area contributed by atoms with Gasteiger partial charge in [0.05, 0.1) is 23.9 Å². The van der Waals surface area contributed by atoms with Crippen LogP contribution in [-0.4, -0.2) is 87.0 Å². The van der Waals surface area contributed by atoms with Gasteiger partial charge in [-0.2, -0.15) is 4.68 Å². The minimum absolute atomic E-state index is 0.0216. The van der Waals surface area contributed by atoms with Crippen molar-refractivity contribution >= 4 is 17.6 Å². The molecule has 0 spiro atoms. The van der Waals surface area contributed by atoms with E-state index in [4.69, 9.17) is 0 Å². The fraction of sp³-hybridized carbons (Fsp3) is 0.667. The number of hydrogen-bond acceptors (Lipinski definition) is 6. The summed E-state index contributed by atoms with van der Waals surface area (Å²) in [6.45, 7) is 8.00. The van der Waals surface area contributed by atoms with Crippen LogP contribution in [0.4, 0.5) is 5.82 Å². The molecule has 138 valence electrons. The molecule has 0 aromatic carbocycles. The van der Waals surface area contributed by atoms with Gasteiger partial charge in [-0.25, -0.2) is 0 Å². The molecule has 2 heterocycles. The van der Waals surface area contributed by atoms with Crippen LogP contribution in [0.15, 0.2) is 12.3 Å². The number of carbonyl (C=O) groups excluding carboxylic acids is 2. The monoisotopic (exact) mass is 352 g/mol. The Morgan fingerprint density at radius 2 is 1.84 bits per heavy atom. The van der Waals surface area contributed by atoms with Crippen LogP contribution in [0.5, 0.6) is 0 Å². The smallest absolute Gasteiger partial charge is 0.358 e. The van der Waals surface area contributed by atoms with Gasteiger partial charge in [0.15, 0.2) is 0 Å². The number of nitro groups is 1. The first kappa shape index (κ1) is 18.8. The molecule has 1 saturated heterocycles. The Kier molecular flexibility index (Phi) is 6.45. The van der Waals surface area contributed by atoms with E-state index in [0.717, 1.165) is 0 Å². The quantitative estimate of drug-likeness (QED) is 0.497. The SMILES string of the molecule is CCN(CC)C(=O)CN1CCN(C(=O)Cn2ccc([N+](=O)[O-])n2)CC1. The molecule has 1 aliphatic rings. The molecule has 2 amide bonds. The first-order chi connectivity index (χ1) is 11.9. The summed E-state index contributed by atoms with van der Waals surface area (Å²) in [5.74, 6) is -0.297. The fourth-order valence-electron chi connectivity index (χ4n) is 2.80. The van der Waals surface area contributed by atoms with Gasteiger partial charge < -0.3 is 19.9 Å². The van der Waals surface area contributed by atoms with E-state index in [0.29, 0.717) is 45.8 Å². The zero-order valence-corrected chi connectivity index (χ0v) is 14.6. The number of rotatable bonds is 7. The van der Waals surface area contributed by atoms with E-state index in [2.05, 4.69) is 5.10 Å². The number of aromatic nitrogens is 2. The van der Waals surface area contributed by atoms with Gasteiger partial charge in [0.1, 0.15) is 6.54 Å². The number of carbonyl (C=O) groups is 2. The summed E-state index contributed by atoms with van der Waals surface area (Å²) < 4.78 is 1.27. The van der Waals surface area contributed by atoms with Crippen LogP contribution >= 0.6 is 0 Å². The van der Waals surface area contributed by atoms with Crippen LogP contribution < -0.4 is 0 Å². The lowest BCUT2D eigenvalue weighted by Gasteiger charge is -2.35. The van der Waals surface area contributed by atoms with Gasteiger partial charge in [-0.1, -0.05) is 0 Å². The van der Waals surface area contributed by atoms with Crippen LogP contribution in [0, 0.1) is 10.1 Å². The second-order valence-electron chi connectivity index (χ2n) is 5.85. The normalized spacial score (nSPS) is 15.2. The highest BCUT2D eigenvalue weighted by Crippen LogP contribution is 2.07. The van der Waals surface area contributed by atoms with Gasteiger partial charge in [-0.05, 0) is 18.8 Å². The summed E-state index contributed by atoms with van der Waals surface area (Å²) >= 11 is 0. The van der Waals surface area contributed by atoms with Gasteiger partial charge in [-0.3, -0.25) is 14.5 Å². The van der Waals surface area contributed by atoms with Gasteiger partial charge in [-0.15, -0.1) is 0 Å². The molecule has 10 heteroatoms. The Morgan fingerprint density at radius 3 is 2.36 bits per heavy atom. The predicted molar refractivity (Wildman–Crippen MR) is 89.8 cm³/mol. The van der Waals surface area contributed by atoms with E-state index in [1.165, 1.54) is 16.9 Å². The fourth-order valence-corrected chi connectivity index (χ4v) is 2.80. The highest BCUT2D eigenvalue weighted by molar-refractivity contribution is 5.78. The van der Waals surface area contributed by atoms with E-state index in [9.17, 15) is 19.7 Å². The average Bonchev–Trinajstić information content (AvgIpc) is 3.05. The van der Waals surface area contributed by atoms with Crippen LogP contribution in [0.1, 0.15) is 13.8 Å². The molecular weight excluding hydrogens is 328 g/mol. The molecule has 0 bridgehead atoms. The number of nitrogens with zero attached hydrogens (tertiary/aromatic N) is 6. The van der Waals surface area contributed by atoms with Crippen molar-refractivity contribution in [2.45, 2.75) is 20.4 Å². The topological polar surface area (TPSA) is 105 Å². The van der Waals surface area contributed by atoms with Gasteiger partial charge in [0.25, 0.3) is 0 Å². The zero-order chi connectivity index (χ0) is 18.4. The van der Waals surface area contributed by atoms with Crippen LogP contribution in [0.2, 0.25) is 0 Å². The third-order valence-corrected chi connectivity index (χ3v) is 4.31. The number of likely N-dealkylation sites (N-methyl/N-ethyl adjacent to an activating group) is 1. The third kappa shape index (κ3) is 4.99. The van der Waals surface area contributed by atoms with E-state index >= 15 is 0 Å². The van der Waals surface area contributed by atoms with Gasteiger partial charge in [0.2, 0.25) is 11.8 Å². The first-order valence-corrected chi connectivity index (χ1v) is 8.40. The molecule has 0 saturated carbocycles. The predicted octanol–water partition coefficient (Wildman–Crippen LogP) is -0.196. The first-order valence-electron chi connectivity index (χ1n) is 8.40. The molecule has 10 nitrogen and oxygen atoms in total. The molecular formula is C15H24N6O4. The molecule has 0 unspecified atom stereocenters. The molecule has 2 rings (SSSR count). The molecule has 1 fully saturated rings. The maximum atomic E-state index is 12.3. The summed E-state index contributed by atoms with van der Waals surface area (Å²) in [6, 6.07) is 1.27. The third-order valence-electron chi connectivity index (χ3n) is 4.31. The number of hydrogen-bond donors (Lipinski definition) is 0. The van der Waals surface area contributed by atoms with Gasteiger partial charge in [0, 0.05) is 39.3 Å². The van der Waals surface area contributed by atoms with E-state index in [1.807, 2.05) is 18.7 Å². The molecule has 0 atom stereocenters. The van der Waals surface area contributed by atoms with Crippen molar-refractivity contribution in [3.8, 4) is 0 Å². The number of piperazine rings is 1. The highest BCUT2D eigenvalue weighted by atomic mass is 16.6. The van der Waals surface area contributed by atoms with Crippen molar-refractivity contribution in [3.05, 3.63) is 22.4 Å². The molecule has 1 aromatic rings. The second-order valence-corrected chi connectivity index (χ2v) is 5.85. The summed E-state index contributed by atoms with van der Waals surface area (Å²) in [5, 5.41) is 14.4. The van der Waals surface area contributed by atoms with Crippen LogP contribution in [0.25, 0.3) is 0 Å². The van der Waals surface area contributed by atoms with E-state index in [-0.39, 0.29) is 24.2 Å². The Hall–Kier alpha value is -2.49. The Morgan fingerprint density at radius 1 is 1.20 bits per heavy atom. The largest absolute Gasteiger partial charge is 0.389 e. The average molecular weight is 352 g/mol. The summed E-state index contributed by atoms with van der Waals surface area (Å²) in [4.78, 5) is 40.0. The zero-order valence-electron chi connectivity index (χ0n) is 14.6. The number of amides is 2. The molecule has 0 radical (unpaired) electrons. The van der Waals surface area contributed by atoms with Crippen LogP contribution in [0.3, 0.4) is 0 Å². The van der Waals surface area contributed by atoms with E-state index < -0.39 is 4.92 Å². The second kappa shape index (κ2) is 8.56. The summed E-state index contributed by atoms with van der Waals surface area (Å²) in [5.41, 5.74) is 0. The van der Waals surface area contributed by atoms with Crippen molar-refractivity contribution in [1.29, 1.82) is 0 Å². The Labute approximate surface area is 146 Å². The molecule has 25 heavy (non-hydrogen) atoms. The minimum Gasteiger partial charge on any atom is -0.358 e. The molecule has 0 aliphatic carbocycles. The van der Waals surface area contributed by atoms with Crippen molar-refractivity contribution in [2.75, 3.05) is 45.8 Å². The standard InChI is InChI=1S/C15H24N6O4/c1-3-18(4-2)14(22)11-17-7-9-19(10-8-17)15(23)12-20-6-5-13(16-20)21(24)25/h5-6H,3-4,7-12H2,1-2H3. The van der Waals surface area contributed by atoms with Crippen molar-refractivity contribution in [1.82, 2.24) is 24.5 Å². The van der Waals surface area contributed by atoms with E-state index in [1.54, 1.807) is 9.80 Å². The lowest BCUT2D eigenvalue weighted by molar-refractivity contribution is -0.389. The maximum absolute atomic E-state index is 12.3. The van der Waals surface area contributed by atoms with Gasteiger partial charge >= 0.3 is 5.82 Å².